The number of carbonyl (C=O) groups excluding carboxylic acids is 3. The van der Waals surface area contributed by atoms with Gasteiger partial charge in [-0.1, -0.05) is 48.0 Å². The third kappa shape index (κ3) is 5.60. The molecule has 0 bridgehead atoms. The summed E-state index contributed by atoms with van der Waals surface area (Å²) in [6.45, 7) is 4.41. The van der Waals surface area contributed by atoms with E-state index >= 15 is 0 Å². The number of allylic oxidation sites excluding steroid dienone is 1. The first-order chi connectivity index (χ1) is 21.3. The average molecular weight is 592 g/mol. The van der Waals surface area contributed by atoms with Gasteiger partial charge in [-0.3, -0.25) is 9.69 Å². The zero-order chi connectivity index (χ0) is 31.4. The Morgan fingerprint density at radius 3 is 1.98 bits per heavy atom. The Morgan fingerprint density at radius 1 is 0.818 bits per heavy atom. The lowest BCUT2D eigenvalue weighted by Crippen LogP contribution is -2.48. The van der Waals surface area contributed by atoms with Crippen LogP contribution in [0.1, 0.15) is 27.4 Å². The number of rotatable bonds is 6. The minimum absolute atomic E-state index is 0.00499. The number of benzene rings is 3. The summed E-state index contributed by atoms with van der Waals surface area (Å²) in [7, 11) is 2.43. The maximum Gasteiger partial charge on any atom is 0.355 e. The summed E-state index contributed by atoms with van der Waals surface area (Å²) in [5.41, 5.74) is 10.3. The van der Waals surface area contributed by atoms with Crippen LogP contribution in [0.15, 0.2) is 102 Å². The summed E-state index contributed by atoms with van der Waals surface area (Å²) in [6.07, 6.45) is 0. The second-order valence-electron chi connectivity index (χ2n) is 10.5. The van der Waals surface area contributed by atoms with Crippen LogP contribution in [0.25, 0.3) is 0 Å². The summed E-state index contributed by atoms with van der Waals surface area (Å²) < 4.78 is 10.2. The highest BCUT2D eigenvalue weighted by atomic mass is 16.5. The second-order valence-corrected chi connectivity index (χ2v) is 10.5. The van der Waals surface area contributed by atoms with E-state index in [9.17, 15) is 19.6 Å². The van der Waals surface area contributed by atoms with Gasteiger partial charge in [0.05, 0.1) is 37.4 Å². The first-order valence-corrected chi connectivity index (χ1v) is 14.2. The molecule has 44 heavy (non-hydrogen) atoms. The Hall–Kier alpha value is -5.56. The van der Waals surface area contributed by atoms with Crippen molar-refractivity contribution in [3.8, 4) is 6.07 Å². The zero-order valence-corrected chi connectivity index (χ0v) is 24.8. The van der Waals surface area contributed by atoms with E-state index < -0.39 is 17.9 Å². The number of nitrogens with two attached hydrogens (primary N) is 1. The van der Waals surface area contributed by atoms with Gasteiger partial charge in [-0.05, 0) is 48.9 Å². The highest BCUT2D eigenvalue weighted by Crippen LogP contribution is 2.43. The summed E-state index contributed by atoms with van der Waals surface area (Å²) >= 11 is 0. The van der Waals surface area contributed by atoms with Crippen molar-refractivity contribution < 1.29 is 23.9 Å². The molecule has 10 nitrogen and oxygen atoms in total. The van der Waals surface area contributed by atoms with Crippen molar-refractivity contribution in [3.63, 3.8) is 0 Å². The minimum Gasteiger partial charge on any atom is -0.466 e. The molecule has 1 unspecified atom stereocenters. The molecular formula is C34H33N5O5. The molecule has 2 N–H and O–H groups in total. The molecule has 3 aromatic carbocycles. The third-order valence-electron chi connectivity index (χ3n) is 7.95. The number of aryl methyl sites for hydroxylation is 1. The molecule has 1 atom stereocenters. The average Bonchev–Trinajstić information content (AvgIpc) is 3.07. The predicted molar refractivity (Wildman–Crippen MR) is 165 cm³/mol. The largest absolute Gasteiger partial charge is 0.466 e. The van der Waals surface area contributed by atoms with Gasteiger partial charge in [0, 0.05) is 43.1 Å². The topological polar surface area (TPSA) is 129 Å². The van der Waals surface area contributed by atoms with Gasteiger partial charge >= 0.3 is 11.9 Å². The first kappa shape index (κ1) is 29.9. The van der Waals surface area contributed by atoms with Gasteiger partial charge in [-0.2, -0.15) is 5.26 Å². The van der Waals surface area contributed by atoms with Crippen LogP contribution in [-0.4, -0.2) is 63.1 Å². The van der Waals surface area contributed by atoms with E-state index in [0.717, 1.165) is 11.3 Å². The molecule has 2 aliphatic heterocycles. The van der Waals surface area contributed by atoms with Crippen molar-refractivity contribution in [2.75, 3.05) is 50.2 Å². The van der Waals surface area contributed by atoms with Crippen LogP contribution in [0.2, 0.25) is 0 Å². The Morgan fingerprint density at radius 2 is 1.41 bits per heavy atom. The van der Waals surface area contributed by atoms with Crippen molar-refractivity contribution in [1.29, 1.82) is 5.26 Å². The Balaban J connectivity index is 1.45. The Bertz CT molecular complexity index is 1670. The number of piperazine rings is 1. The van der Waals surface area contributed by atoms with Crippen molar-refractivity contribution in [2.45, 2.75) is 12.8 Å². The molecule has 1 amide bonds. The van der Waals surface area contributed by atoms with Crippen LogP contribution in [-0.2, 0) is 19.1 Å². The number of ether oxygens (including phenoxy) is 2. The van der Waals surface area contributed by atoms with E-state index in [4.69, 9.17) is 15.2 Å². The predicted octanol–water partition coefficient (Wildman–Crippen LogP) is 3.86. The molecule has 0 aliphatic carbocycles. The van der Waals surface area contributed by atoms with Crippen molar-refractivity contribution in [2.24, 2.45) is 5.73 Å². The smallest absolute Gasteiger partial charge is 0.355 e. The van der Waals surface area contributed by atoms with Gasteiger partial charge in [-0.25, -0.2) is 9.59 Å². The van der Waals surface area contributed by atoms with Crippen LogP contribution < -0.4 is 15.5 Å². The van der Waals surface area contributed by atoms with Gasteiger partial charge in [0.15, 0.2) is 0 Å². The molecule has 10 heteroatoms. The summed E-state index contributed by atoms with van der Waals surface area (Å²) in [5, 5.41) is 10.2. The lowest BCUT2D eigenvalue weighted by atomic mass is 9.81. The molecule has 0 spiro atoms. The number of amides is 1. The van der Waals surface area contributed by atoms with E-state index in [1.807, 2.05) is 54.3 Å². The standard InChI is InChI=1S/C34H33N5O5/c1-22-9-11-24(12-10-22)32(40)38-19-17-37(18-20-38)25-13-15-26(16-14-25)39-30(34(42)44-3)29(33(41)43-2)28(27(21-35)31(39)36)23-7-5-4-6-8-23/h4-16,28H,17-20,36H2,1-3H3. The minimum atomic E-state index is -0.933. The van der Waals surface area contributed by atoms with Gasteiger partial charge in [0.1, 0.15) is 11.5 Å². The van der Waals surface area contributed by atoms with Crippen LogP contribution in [0.4, 0.5) is 11.4 Å². The SMILES string of the molecule is COC(=O)C1=C(C(=O)OC)N(c2ccc(N3CCN(C(=O)c4ccc(C)cc4)CC3)cc2)C(N)=C(C#N)C1c1ccccc1. The molecule has 0 saturated carbocycles. The molecule has 5 rings (SSSR count). The number of nitriles is 1. The highest BCUT2D eigenvalue weighted by molar-refractivity contribution is 6.06. The number of anilines is 2. The third-order valence-corrected chi connectivity index (χ3v) is 7.95. The summed E-state index contributed by atoms with van der Waals surface area (Å²) in [6, 6.07) is 25.9. The molecule has 0 radical (unpaired) electrons. The van der Waals surface area contributed by atoms with Crippen LogP contribution >= 0.6 is 0 Å². The number of esters is 2. The van der Waals surface area contributed by atoms with E-state index in [2.05, 4.69) is 11.0 Å². The first-order valence-electron chi connectivity index (χ1n) is 14.2. The number of methoxy groups -OCH3 is 2. The zero-order valence-electron chi connectivity index (χ0n) is 24.8. The molecule has 0 aromatic heterocycles. The normalized spacial score (nSPS) is 16.9. The quantitative estimate of drug-likeness (QED) is 0.425. The Labute approximate surface area is 256 Å². The lowest BCUT2D eigenvalue weighted by molar-refractivity contribution is -0.139. The highest BCUT2D eigenvalue weighted by Gasteiger charge is 2.43. The Kier molecular flexibility index (Phi) is 8.67. The summed E-state index contributed by atoms with van der Waals surface area (Å²) in [5.74, 6) is -2.50. The van der Waals surface area contributed by atoms with Crippen molar-refractivity contribution >= 4 is 29.2 Å². The van der Waals surface area contributed by atoms with Crippen molar-refractivity contribution in [1.82, 2.24) is 4.90 Å². The van der Waals surface area contributed by atoms with E-state index in [-0.39, 0.29) is 28.6 Å². The maximum absolute atomic E-state index is 13.3. The van der Waals surface area contributed by atoms with Gasteiger partial charge < -0.3 is 25.0 Å². The molecule has 2 aliphatic rings. The number of nitrogens with zero attached hydrogens (tertiary/aromatic N) is 4. The lowest BCUT2D eigenvalue weighted by Gasteiger charge is -2.37. The maximum atomic E-state index is 13.3. The van der Waals surface area contributed by atoms with Crippen LogP contribution in [0, 0.1) is 18.3 Å². The fraction of sp³-hybridized carbons (Fsp3) is 0.235. The fourth-order valence-electron chi connectivity index (χ4n) is 5.64. The number of carbonyl (C=O) groups is 3. The van der Waals surface area contributed by atoms with Gasteiger partial charge in [-0.15, -0.1) is 0 Å². The van der Waals surface area contributed by atoms with E-state index in [1.54, 1.807) is 36.4 Å². The summed E-state index contributed by atoms with van der Waals surface area (Å²) in [4.78, 5) is 44.9. The van der Waals surface area contributed by atoms with Gasteiger partial charge in [0.25, 0.3) is 5.91 Å². The molecular weight excluding hydrogens is 558 g/mol. The van der Waals surface area contributed by atoms with E-state index in [0.29, 0.717) is 43.0 Å². The number of hydrogen-bond donors (Lipinski definition) is 1. The molecule has 224 valence electrons. The molecule has 2 heterocycles. The molecule has 1 fully saturated rings. The van der Waals surface area contributed by atoms with Gasteiger partial charge in [0.2, 0.25) is 0 Å². The molecule has 3 aromatic rings. The monoisotopic (exact) mass is 591 g/mol. The fourth-order valence-corrected chi connectivity index (χ4v) is 5.64. The van der Waals surface area contributed by atoms with Crippen molar-refractivity contribution in [3.05, 3.63) is 118 Å². The second kappa shape index (κ2) is 12.8. The molecule has 1 saturated heterocycles. The van der Waals surface area contributed by atoms with Crippen LogP contribution in [0.5, 0.6) is 0 Å². The van der Waals surface area contributed by atoms with E-state index in [1.165, 1.54) is 19.1 Å². The number of hydrogen-bond acceptors (Lipinski definition) is 9. The van der Waals surface area contributed by atoms with Crippen LogP contribution in [0.3, 0.4) is 0 Å².